The minimum atomic E-state index is 0.456. The van der Waals surface area contributed by atoms with Gasteiger partial charge in [0, 0.05) is 10.5 Å². The van der Waals surface area contributed by atoms with Crippen LogP contribution >= 0.6 is 15.9 Å². The van der Waals surface area contributed by atoms with Crippen LogP contribution in [-0.2, 0) is 0 Å². The summed E-state index contributed by atoms with van der Waals surface area (Å²) in [5.41, 5.74) is 2.78. The molecule has 0 saturated carbocycles. The van der Waals surface area contributed by atoms with Crippen molar-refractivity contribution in [1.82, 2.24) is 5.32 Å². The molecule has 0 radical (unpaired) electrons. The van der Waals surface area contributed by atoms with Crippen molar-refractivity contribution in [1.29, 1.82) is 0 Å². The highest BCUT2D eigenvalue weighted by molar-refractivity contribution is 9.10. The molecule has 0 aromatic heterocycles. The molecule has 0 aliphatic carbocycles. The molecule has 1 N–H and O–H groups in total. The second kappa shape index (κ2) is 6.41. The third-order valence-corrected chi connectivity index (χ3v) is 3.69. The molecule has 1 aromatic rings. The Morgan fingerprint density at radius 2 is 2.06 bits per heavy atom. The molecule has 90 valence electrons. The van der Waals surface area contributed by atoms with Crippen molar-refractivity contribution in [2.24, 2.45) is 5.92 Å². The van der Waals surface area contributed by atoms with Crippen molar-refractivity contribution >= 4 is 15.9 Å². The van der Waals surface area contributed by atoms with Crippen LogP contribution in [0.15, 0.2) is 22.7 Å². The lowest BCUT2D eigenvalue weighted by atomic mass is 9.89. The Balaban J connectivity index is 2.98. The van der Waals surface area contributed by atoms with Gasteiger partial charge in [0.1, 0.15) is 0 Å². The van der Waals surface area contributed by atoms with Crippen LogP contribution in [0.2, 0.25) is 0 Å². The lowest BCUT2D eigenvalue weighted by Gasteiger charge is -2.25. The number of rotatable bonds is 5. The van der Waals surface area contributed by atoms with Crippen molar-refractivity contribution in [2.45, 2.75) is 39.7 Å². The van der Waals surface area contributed by atoms with Gasteiger partial charge in [-0.3, -0.25) is 0 Å². The Hall–Kier alpha value is -0.340. The molecule has 0 heterocycles. The Bertz CT molecular complexity index is 336. The fraction of sp³-hybridized carbons (Fsp3) is 0.571. The van der Waals surface area contributed by atoms with E-state index in [1.807, 2.05) is 0 Å². The number of hydrogen-bond donors (Lipinski definition) is 1. The quantitative estimate of drug-likeness (QED) is 0.842. The van der Waals surface area contributed by atoms with Crippen LogP contribution in [0.1, 0.15) is 43.9 Å². The number of halogens is 1. The summed E-state index contributed by atoms with van der Waals surface area (Å²) in [4.78, 5) is 0. The van der Waals surface area contributed by atoms with Crippen molar-refractivity contribution in [3.63, 3.8) is 0 Å². The largest absolute Gasteiger partial charge is 0.313 e. The smallest absolute Gasteiger partial charge is 0.0346 e. The maximum absolute atomic E-state index is 3.55. The first-order valence-electron chi connectivity index (χ1n) is 6.03. The molecule has 0 spiro atoms. The molecule has 2 heteroatoms. The van der Waals surface area contributed by atoms with E-state index >= 15 is 0 Å². The van der Waals surface area contributed by atoms with E-state index in [1.54, 1.807) is 0 Å². The molecule has 2 atom stereocenters. The first kappa shape index (κ1) is 13.7. The van der Waals surface area contributed by atoms with Gasteiger partial charge < -0.3 is 5.32 Å². The van der Waals surface area contributed by atoms with Crippen LogP contribution in [0.3, 0.4) is 0 Å². The third-order valence-electron chi connectivity index (χ3n) is 3.20. The van der Waals surface area contributed by atoms with Crippen molar-refractivity contribution in [2.75, 3.05) is 7.05 Å². The van der Waals surface area contributed by atoms with Crippen molar-refractivity contribution in [3.05, 3.63) is 33.8 Å². The topological polar surface area (TPSA) is 12.0 Å². The average molecular weight is 284 g/mol. The van der Waals surface area contributed by atoms with Gasteiger partial charge in [-0.05, 0) is 49.6 Å². The molecule has 0 aliphatic heterocycles. The minimum Gasteiger partial charge on any atom is -0.313 e. The number of aryl methyl sites for hydroxylation is 1. The lowest BCUT2D eigenvalue weighted by Crippen LogP contribution is -2.24. The number of hydrogen-bond acceptors (Lipinski definition) is 1. The van der Waals surface area contributed by atoms with Crippen LogP contribution in [0.4, 0.5) is 0 Å². The number of nitrogens with one attached hydrogen (secondary N) is 1. The van der Waals surface area contributed by atoms with Gasteiger partial charge in [-0.25, -0.2) is 0 Å². The average Bonchev–Trinajstić information content (AvgIpc) is 2.24. The Morgan fingerprint density at radius 1 is 1.38 bits per heavy atom. The second-order valence-electron chi connectivity index (χ2n) is 4.53. The molecule has 1 nitrogen and oxygen atoms in total. The zero-order valence-electron chi connectivity index (χ0n) is 10.7. The number of benzene rings is 1. The summed E-state index contributed by atoms with van der Waals surface area (Å²) in [7, 11) is 2.05. The molecule has 0 amide bonds. The van der Waals surface area contributed by atoms with Gasteiger partial charge >= 0.3 is 0 Å². The van der Waals surface area contributed by atoms with Gasteiger partial charge in [0.2, 0.25) is 0 Å². The molecule has 0 aliphatic rings. The van der Waals surface area contributed by atoms with Crippen LogP contribution in [-0.4, -0.2) is 7.05 Å². The van der Waals surface area contributed by atoms with Crippen LogP contribution < -0.4 is 5.32 Å². The summed E-state index contributed by atoms with van der Waals surface area (Å²) in [5.74, 6) is 0.669. The first-order valence-corrected chi connectivity index (χ1v) is 6.82. The van der Waals surface area contributed by atoms with E-state index in [1.165, 1.54) is 24.0 Å². The van der Waals surface area contributed by atoms with E-state index in [4.69, 9.17) is 0 Å². The maximum Gasteiger partial charge on any atom is 0.0346 e. The molecular weight excluding hydrogens is 262 g/mol. The summed E-state index contributed by atoms with van der Waals surface area (Å²) in [6, 6.07) is 6.98. The fourth-order valence-corrected chi connectivity index (χ4v) is 2.69. The zero-order chi connectivity index (χ0) is 12.1. The third kappa shape index (κ3) is 3.33. The minimum absolute atomic E-state index is 0.456. The molecule has 2 unspecified atom stereocenters. The molecule has 0 bridgehead atoms. The Kier molecular flexibility index (Phi) is 5.50. The first-order chi connectivity index (χ1) is 7.60. The van der Waals surface area contributed by atoms with E-state index in [0.29, 0.717) is 12.0 Å². The zero-order valence-corrected chi connectivity index (χ0v) is 12.3. The highest BCUT2D eigenvalue weighted by atomic mass is 79.9. The van der Waals surface area contributed by atoms with E-state index in [-0.39, 0.29) is 0 Å². The van der Waals surface area contributed by atoms with E-state index in [0.717, 1.165) is 4.47 Å². The Labute approximate surface area is 108 Å². The maximum atomic E-state index is 3.55. The predicted molar refractivity (Wildman–Crippen MR) is 74.8 cm³/mol. The summed E-state index contributed by atoms with van der Waals surface area (Å²) < 4.78 is 1.16. The summed E-state index contributed by atoms with van der Waals surface area (Å²) in [6.45, 7) is 6.76. The summed E-state index contributed by atoms with van der Waals surface area (Å²) in [6.07, 6.45) is 2.50. The molecule has 1 rings (SSSR count). The normalized spacial score (nSPS) is 14.8. The van der Waals surface area contributed by atoms with E-state index in [2.05, 4.69) is 67.3 Å². The van der Waals surface area contributed by atoms with Crippen LogP contribution in [0.25, 0.3) is 0 Å². The highest BCUT2D eigenvalue weighted by Gasteiger charge is 2.18. The van der Waals surface area contributed by atoms with Crippen LogP contribution in [0, 0.1) is 12.8 Å². The summed E-state index contributed by atoms with van der Waals surface area (Å²) in [5, 5.41) is 3.45. The van der Waals surface area contributed by atoms with Crippen LogP contribution in [0.5, 0.6) is 0 Å². The van der Waals surface area contributed by atoms with Gasteiger partial charge in [-0.1, -0.05) is 42.3 Å². The highest BCUT2D eigenvalue weighted by Crippen LogP contribution is 2.29. The standard InChI is InChI=1S/C14H22BrN/c1-5-6-11(3)14(16-4)13-9-12(15)8-7-10(13)2/h7-9,11,14,16H,5-6H2,1-4H3. The van der Waals surface area contributed by atoms with Gasteiger partial charge in [-0.2, -0.15) is 0 Å². The second-order valence-corrected chi connectivity index (χ2v) is 5.45. The SMILES string of the molecule is CCCC(C)C(NC)c1cc(Br)ccc1C. The fourth-order valence-electron chi connectivity index (χ4n) is 2.31. The monoisotopic (exact) mass is 283 g/mol. The molecular formula is C14H22BrN. The lowest BCUT2D eigenvalue weighted by molar-refractivity contribution is 0.382. The van der Waals surface area contributed by atoms with Gasteiger partial charge in [-0.15, -0.1) is 0 Å². The van der Waals surface area contributed by atoms with Gasteiger partial charge in [0.15, 0.2) is 0 Å². The Morgan fingerprint density at radius 3 is 2.62 bits per heavy atom. The van der Waals surface area contributed by atoms with Gasteiger partial charge in [0.05, 0.1) is 0 Å². The van der Waals surface area contributed by atoms with E-state index < -0.39 is 0 Å². The molecule has 0 fully saturated rings. The van der Waals surface area contributed by atoms with Crippen molar-refractivity contribution < 1.29 is 0 Å². The molecule has 16 heavy (non-hydrogen) atoms. The molecule has 0 saturated heterocycles. The van der Waals surface area contributed by atoms with Crippen molar-refractivity contribution in [3.8, 4) is 0 Å². The van der Waals surface area contributed by atoms with Gasteiger partial charge in [0.25, 0.3) is 0 Å². The predicted octanol–water partition coefficient (Wildman–Crippen LogP) is 4.45. The van der Waals surface area contributed by atoms with E-state index in [9.17, 15) is 0 Å². The molecule has 1 aromatic carbocycles. The summed E-state index contributed by atoms with van der Waals surface area (Å²) >= 11 is 3.55.